The molecule has 0 aliphatic heterocycles. The zero-order chi connectivity index (χ0) is 14.2. The second-order valence-electron chi connectivity index (χ2n) is 5.45. The molecule has 1 heterocycles. The molecule has 4 nitrogen and oxygen atoms in total. The third-order valence-corrected chi connectivity index (χ3v) is 3.89. The largest absolute Gasteiger partial charge is 0.462 e. The average Bonchev–Trinajstić information content (AvgIpc) is 2.26. The first-order valence-electron chi connectivity index (χ1n) is 6.85. The van der Waals surface area contributed by atoms with Crippen molar-refractivity contribution in [2.45, 2.75) is 46.6 Å². The van der Waals surface area contributed by atoms with Gasteiger partial charge in [-0.3, -0.25) is 4.79 Å². The summed E-state index contributed by atoms with van der Waals surface area (Å²) in [5.74, 6) is 0.322. The predicted octanol–water partition coefficient (Wildman–Crippen LogP) is 2.61. The lowest BCUT2D eigenvalue weighted by molar-refractivity contribution is 0.0522. The molecule has 1 aliphatic carbocycles. The van der Waals surface area contributed by atoms with Crippen LogP contribution in [-0.2, 0) is 4.74 Å². The van der Waals surface area contributed by atoms with E-state index in [1.54, 1.807) is 24.5 Å². The second-order valence-corrected chi connectivity index (χ2v) is 5.45. The number of esters is 1. The van der Waals surface area contributed by atoms with Crippen LogP contribution in [0.1, 0.15) is 54.3 Å². The Morgan fingerprint density at radius 2 is 2.05 bits per heavy atom. The molecular formula is C15H21NO3. The summed E-state index contributed by atoms with van der Waals surface area (Å²) in [5, 5.41) is 0. The van der Waals surface area contributed by atoms with Crippen LogP contribution in [-0.4, -0.2) is 17.1 Å². The highest BCUT2D eigenvalue weighted by atomic mass is 16.5. The number of pyridine rings is 1. The molecule has 1 saturated carbocycles. The van der Waals surface area contributed by atoms with Gasteiger partial charge in [0, 0.05) is 17.8 Å². The number of nitrogens with zero attached hydrogens (tertiary/aromatic N) is 1. The van der Waals surface area contributed by atoms with Crippen molar-refractivity contribution >= 4 is 5.97 Å². The van der Waals surface area contributed by atoms with Crippen molar-refractivity contribution in [3.05, 3.63) is 33.2 Å². The molecule has 1 aromatic rings. The lowest BCUT2D eigenvalue weighted by atomic mass is 9.81. The van der Waals surface area contributed by atoms with E-state index in [1.165, 1.54) is 0 Å². The normalized spacial score (nSPS) is 21.9. The second kappa shape index (κ2) is 5.19. The number of aryl methyl sites for hydroxylation is 1. The molecule has 0 saturated heterocycles. The van der Waals surface area contributed by atoms with Gasteiger partial charge in [0.15, 0.2) is 0 Å². The molecule has 0 unspecified atom stereocenters. The van der Waals surface area contributed by atoms with Crippen molar-refractivity contribution in [3.63, 3.8) is 0 Å². The maximum atomic E-state index is 12.1. The minimum absolute atomic E-state index is 0.0139. The molecule has 104 valence electrons. The van der Waals surface area contributed by atoms with Gasteiger partial charge in [-0.05, 0) is 45.1 Å². The van der Waals surface area contributed by atoms with Gasteiger partial charge in [0.05, 0.1) is 12.2 Å². The molecular weight excluding hydrogens is 242 g/mol. The number of carbonyl (C=O) groups is 1. The summed E-state index contributed by atoms with van der Waals surface area (Å²) in [6.45, 7) is 7.93. The van der Waals surface area contributed by atoms with Gasteiger partial charge in [0.25, 0.3) is 5.56 Å². The summed E-state index contributed by atoms with van der Waals surface area (Å²) in [6.07, 6.45) is 2.01. The van der Waals surface area contributed by atoms with Crippen molar-refractivity contribution < 1.29 is 9.53 Å². The van der Waals surface area contributed by atoms with Gasteiger partial charge in [-0.2, -0.15) is 0 Å². The lowest BCUT2D eigenvalue weighted by Crippen LogP contribution is -2.35. The Hall–Kier alpha value is -1.58. The summed E-state index contributed by atoms with van der Waals surface area (Å²) in [7, 11) is 0. The molecule has 1 fully saturated rings. The molecule has 0 atom stereocenters. The van der Waals surface area contributed by atoms with Crippen LogP contribution < -0.4 is 5.56 Å². The van der Waals surface area contributed by atoms with E-state index in [0.29, 0.717) is 23.7 Å². The molecule has 0 amide bonds. The first-order valence-corrected chi connectivity index (χ1v) is 6.85. The molecule has 1 aliphatic rings. The first kappa shape index (κ1) is 13.8. The summed E-state index contributed by atoms with van der Waals surface area (Å²) in [6, 6.07) is 1.78. The maximum Gasteiger partial charge on any atom is 0.340 e. The topological polar surface area (TPSA) is 48.3 Å². The van der Waals surface area contributed by atoms with Crippen LogP contribution in [0.5, 0.6) is 0 Å². The molecule has 0 aromatic carbocycles. The van der Waals surface area contributed by atoms with E-state index in [1.807, 2.05) is 6.92 Å². The fraction of sp³-hybridized carbons (Fsp3) is 0.600. The number of hydrogen-bond donors (Lipinski definition) is 0. The standard InChI is InChI=1S/C15H21NO3/c1-5-19-15(18)14-10(3)8-13(17)16(11(14)4)12-6-9(2)7-12/h8-9,12H,5-7H2,1-4H3. The summed E-state index contributed by atoms with van der Waals surface area (Å²) < 4.78 is 6.85. The van der Waals surface area contributed by atoms with Crippen LogP contribution in [0, 0.1) is 19.8 Å². The van der Waals surface area contributed by atoms with E-state index in [9.17, 15) is 9.59 Å². The number of carbonyl (C=O) groups excluding carboxylic acids is 1. The van der Waals surface area contributed by atoms with E-state index in [-0.39, 0.29) is 17.6 Å². The fourth-order valence-electron chi connectivity index (χ4n) is 2.93. The van der Waals surface area contributed by atoms with Crippen LogP contribution in [0.15, 0.2) is 10.9 Å². The van der Waals surface area contributed by atoms with Gasteiger partial charge in [0.2, 0.25) is 0 Å². The Morgan fingerprint density at radius 3 is 2.58 bits per heavy atom. The van der Waals surface area contributed by atoms with E-state index < -0.39 is 0 Å². The van der Waals surface area contributed by atoms with Crippen LogP contribution in [0.3, 0.4) is 0 Å². The van der Waals surface area contributed by atoms with E-state index in [4.69, 9.17) is 4.74 Å². The minimum atomic E-state index is -0.335. The number of aromatic nitrogens is 1. The highest BCUT2D eigenvalue weighted by Gasteiger charge is 2.30. The van der Waals surface area contributed by atoms with Crippen LogP contribution in [0.2, 0.25) is 0 Å². The molecule has 0 spiro atoms. The van der Waals surface area contributed by atoms with Crippen LogP contribution in [0.25, 0.3) is 0 Å². The maximum absolute atomic E-state index is 12.1. The number of rotatable bonds is 3. The Kier molecular flexibility index (Phi) is 3.78. The quantitative estimate of drug-likeness (QED) is 0.788. The molecule has 1 aromatic heterocycles. The van der Waals surface area contributed by atoms with Crippen molar-refractivity contribution in [2.75, 3.05) is 6.61 Å². The van der Waals surface area contributed by atoms with Crippen molar-refractivity contribution in [1.82, 2.24) is 4.57 Å². The molecule has 2 rings (SSSR count). The summed E-state index contributed by atoms with van der Waals surface area (Å²) in [4.78, 5) is 24.2. The van der Waals surface area contributed by atoms with Gasteiger partial charge in [-0.1, -0.05) is 6.92 Å². The van der Waals surface area contributed by atoms with Gasteiger partial charge in [0.1, 0.15) is 0 Å². The van der Waals surface area contributed by atoms with Crippen molar-refractivity contribution in [3.8, 4) is 0 Å². The predicted molar refractivity (Wildman–Crippen MR) is 73.6 cm³/mol. The smallest absolute Gasteiger partial charge is 0.340 e. The lowest BCUT2D eigenvalue weighted by Gasteiger charge is -2.35. The molecule has 0 N–H and O–H groups in total. The Bertz CT molecular complexity index is 553. The van der Waals surface area contributed by atoms with Crippen LogP contribution >= 0.6 is 0 Å². The van der Waals surface area contributed by atoms with Gasteiger partial charge >= 0.3 is 5.97 Å². The van der Waals surface area contributed by atoms with Crippen LogP contribution in [0.4, 0.5) is 0 Å². The van der Waals surface area contributed by atoms with Gasteiger partial charge in [-0.25, -0.2) is 4.79 Å². The summed E-state index contributed by atoms with van der Waals surface area (Å²) in [5.41, 5.74) is 1.96. The fourth-order valence-corrected chi connectivity index (χ4v) is 2.93. The average molecular weight is 263 g/mol. The number of hydrogen-bond acceptors (Lipinski definition) is 3. The molecule has 0 radical (unpaired) electrons. The molecule has 4 heteroatoms. The Labute approximate surface area is 113 Å². The minimum Gasteiger partial charge on any atom is -0.462 e. The van der Waals surface area contributed by atoms with E-state index in [2.05, 4.69) is 6.92 Å². The zero-order valence-corrected chi connectivity index (χ0v) is 12.0. The third-order valence-electron chi connectivity index (χ3n) is 3.89. The zero-order valence-electron chi connectivity index (χ0n) is 12.0. The van der Waals surface area contributed by atoms with E-state index in [0.717, 1.165) is 18.5 Å². The Morgan fingerprint density at radius 1 is 1.42 bits per heavy atom. The SMILES string of the molecule is CCOC(=O)c1c(C)cc(=O)n(C2CC(C)C2)c1C. The Balaban J connectivity index is 2.47. The van der Waals surface area contributed by atoms with E-state index >= 15 is 0 Å². The third kappa shape index (κ3) is 2.44. The highest BCUT2D eigenvalue weighted by Crippen LogP contribution is 2.37. The highest BCUT2D eigenvalue weighted by molar-refractivity contribution is 5.92. The number of ether oxygens (including phenoxy) is 1. The van der Waals surface area contributed by atoms with Gasteiger partial charge < -0.3 is 9.30 Å². The monoisotopic (exact) mass is 263 g/mol. The molecule has 19 heavy (non-hydrogen) atoms. The van der Waals surface area contributed by atoms with Crippen molar-refractivity contribution in [2.24, 2.45) is 5.92 Å². The summed E-state index contributed by atoms with van der Waals surface area (Å²) >= 11 is 0. The molecule has 0 bridgehead atoms. The van der Waals surface area contributed by atoms with Gasteiger partial charge in [-0.15, -0.1) is 0 Å². The van der Waals surface area contributed by atoms with Crippen molar-refractivity contribution in [1.29, 1.82) is 0 Å². The first-order chi connectivity index (χ1) is 8.95.